The van der Waals surface area contributed by atoms with E-state index in [0.29, 0.717) is 5.92 Å². The summed E-state index contributed by atoms with van der Waals surface area (Å²) in [5.74, 6) is 0.675. The van der Waals surface area contributed by atoms with Crippen molar-refractivity contribution in [1.82, 2.24) is 15.5 Å². The quantitative estimate of drug-likeness (QED) is 0.854. The zero-order valence-corrected chi connectivity index (χ0v) is 11.4. The maximum absolute atomic E-state index is 4.16. The zero-order valence-electron chi connectivity index (χ0n) is 10.6. The van der Waals surface area contributed by atoms with Crippen LogP contribution in [0.2, 0.25) is 0 Å². The van der Waals surface area contributed by atoms with E-state index in [1.54, 1.807) is 11.3 Å². The van der Waals surface area contributed by atoms with Gasteiger partial charge in [-0.1, -0.05) is 13.8 Å². The molecule has 0 radical (unpaired) electrons. The fourth-order valence-electron chi connectivity index (χ4n) is 1.77. The maximum atomic E-state index is 4.16. The first-order valence-electron chi connectivity index (χ1n) is 5.96. The zero-order chi connectivity index (χ0) is 12.3. The van der Waals surface area contributed by atoms with Crippen molar-refractivity contribution in [3.8, 4) is 10.6 Å². The second-order valence-corrected chi connectivity index (χ2v) is 5.64. The first-order chi connectivity index (χ1) is 8.18. The number of aromatic nitrogens is 2. The predicted octanol–water partition coefficient (Wildman–Crippen LogP) is 3.19. The maximum Gasteiger partial charge on any atom is 0.0797 e. The first-order valence-corrected chi connectivity index (χ1v) is 6.84. The molecule has 2 aromatic heterocycles. The van der Waals surface area contributed by atoms with Gasteiger partial charge in [-0.05, 0) is 36.4 Å². The van der Waals surface area contributed by atoms with Gasteiger partial charge >= 0.3 is 0 Å². The molecular weight excluding hydrogens is 230 g/mol. The number of nitrogens with zero attached hydrogens (tertiary/aromatic N) is 1. The molecule has 2 rings (SSSR count). The van der Waals surface area contributed by atoms with Crippen LogP contribution in [0.3, 0.4) is 0 Å². The van der Waals surface area contributed by atoms with Crippen LogP contribution in [0.5, 0.6) is 0 Å². The Hall–Kier alpha value is -1.13. The van der Waals surface area contributed by atoms with E-state index in [2.05, 4.69) is 47.7 Å². The van der Waals surface area contributed by atoms with Gasteiger partial charge in [0.05, 0.1) is 16.8 Å². The molecule has 0 fully saturated rings. The molecule has 2 heterocycles. The Balaban J connectivity index is 2.10. The molecule has 0 atom stereocenters. The molecule has 3 nitrogen and oxygen atoms in total. The normalized spacial score (nSPS) is 11.3. The molecule has 0 saturated heterocycles. The van der Waals surface area contributed by atoms with Gasteiger partial charge in [-0.25, -0.2) is 0 Å². The van der Waals surface area contributed by atoms with Crippen LogP contribution in [-0.2, 0) is 6.54 Å². The van der Waals surface area contributed by atoms with Gasteiger partial charge in [0.1, 0.15) is 0 Å². The molecule has 0 spiro atoms. The lowest BCUT2D eigenvalue weighted by molar-refractivity contribution is 0.553. The highest BCUT2D eigenvalue weighted by Crippen LogP contribution is 2.29. The summed E-state index contributed by atoms with van der Waals surface area (Å²) < 4.78 is 0. The molecular formula is C13H19N3S. The predicted molar refractivity (Wildman–Crippen MR) is 73.2 cm³/mol. The van der Waals surface area contributed by atoms with Crippen LogP contribution in [0.15, 0.2) is 17.6 Å². The summed E-state index contributed by atoms with van der Waals surface area (Å²) in [6, 6.07) is 2.15. The standard InChI is InChI=1S/C13H19N3S/c1-9(2)6-14-7-11-8-15-16-12(11)13-10(3)4-5-17-13/h4-5,8-9,14H,6-7H2,1-3H3,(H,15,16). The molecule has 2 N–H and O–H groups in total. The molecule has 0 aromatic carbocycles. The lowest BCUT2D eigenvalue weighted by Gasteiger charge is -2.07. The highest BCUT2D eigenvalue weighted by Gasteiger charge is 2.10. The van der Waals surface area contributed by atoms with Crippen molar-refractivity contribution in [3.63, 3.8) is 0 Å². The first kappa shape index (κ1) is 12.3. The highest BCUT2D eigenvalue weighted by molar-refractivity contribution is 7.13. The average Bonchev–Trinajstić information content (AvgIpc) is 2.86. The van der Waals surface area contributed by atoms with Gasteiger partial charge in [0.2, 0.25) is 0 Å². The van der Waals surface area contributed by atoms with Crippen LogP contribution in [0.25, 0.3) is 10.6 Å². The van der Waals surface area contributed by atoms with Crippen molar-refractivity contribution in [2.75, 3.05) is 6.54 Å². The molecule has 0 aliphatic rings. The molecule has 0 aliphatic carbocycles. The highest BCUT2D eigenvalue weighted by atomic mass is 32.1. The minimum Gasteiger partial charge on any atom is -0.312 e. The Labute approximate surface area is 106 Å². The summed E-state index contributed by atoms with van der Waals surface area (Å²) in [5, 5.41) is 12.8. The number of aromatic amines is 1. The Morgan fingerprint density at radius 2 is 2.29 bits per heavy atom. The van der Waals surface area contributed by atoms with Crippen molar-refractivity contribution in [1.29, 1.82) is 0 Å². The fourth-order valence-corrected chi connectivity index (χ4v) is 2.72. The number of aryl methyl sites for hydroxylation is 1. The van der Waals surface area contributed by atoms with Crippen LogP contribution >= 0.6 is 11.3 Å². The van der Waals surface area contributed by atoms with Crippen molar-refractivity contribution >= 4 is 11.3 Å². The van der Waals surface area contributed by atoms with E-state index in [-0.39, 0.29) is 0 Å². The molecule has 0 unspecified atom stereocenters. The van der Waals surface area contributed by atoms with Gasteiger partial charge in [0.15, 0.2) is 0 Å². The number of rotatable bonds is 5. The molecule has 17 heavy (non-hydrogen) atoms. The third kappa shape index (κ3) is 2.96. The van der Waals surface area contributed by atoms with Crippen molar-refractivity contribution in [2.24, 2.45) is 5.92 Å². The molecule has 92 valence electrons. The number of thiophene rings is 1. The fraction of sp³-hybridized carbons (Fsp3) is 0.462. The van der Waals surface area contributed by atoms with E-state index < -0.39 is 0 Å². The molecule has 0 saturated carbocycles. The van der Waals surface area contributed by atoms with Gasteiger partial charge in [0, 0.05) is 12.1 Å². The van der Waals surface area contributed by atoms with Crippen LogP contribution in [0.1, 0.15) is 25.0 Å². The summed E-state index contributed by atoms with van der Waals surface area (Å²) in [7, 11) is 0. The van der Waals surface area contributed by atoms with Gasteiger partial charge in [-0.2, -0.15) is 5.10 Å². The smallest absolute Gasteiger partial charge is 0.0797 e. The monoisotopic (exact) mass is 249 g/mol. The van der Waals surface area contributed by atoms with Crippen LogP contribution in [0.4, 0.5) is 0 Å². The second-order valence-electron chi connectivity index (χ2n) is 4.73. The third-order valence-electron chi connectivity index (χ3n) is 2.68. The summed E-state index contributed by atoms with van der Waals surface area (Å²) in [6.45, 7) is 8.48. The molecule has 4 heteroatoms. The van der Waals surface area contributed by atoms with E-state index in [9.17, 15) is 0 Å². The number of hydrogen-bond donors (Lipinski definition) is 2. The molecule has 0 aliphatic heterocycles. The van der Waals surface area contributed by atoms with Gasteiger partial charge < -0.3 is 5.32 Å². The Bertz CT molecular complexity index is 470. The lowest BCUT2D eigenvalue weighted by Crippen LogP contribution is -2.19. The summed E-state index contributed by atoms with van der Waals surface area (Å²) in [5.41, 5.74) is 3.72. The van der Waals surface area contributed by atoms with E-state index in [1.807, 2.05) is 6.20 Å². The Morgan fingerprint density at radius 3 is 2.94 bits per heavy atom. The number of nitrogens with one attached hydrogen (secondary N) is 2. The minimum atomic E-state index is 0.675. The molecule has 0 bridgehead atoms. The molecule has 0 amide bonds. The molecule has 2 aromatic rings. The lowest BCUT2D eigenvalue weighted by atomic mass is 10.1. The summed E-state index contributed by atoms with van der Waals surface area (Å²) in [4.78, 5) is 1.30. The number of H-pyrrole nitrogens is 1. The van der Waals surface area contributed by atoms with E-state index >= 15 is 0 Å². The van der Waals surface area contributed by atoms with Gasteiger partial charge in [-0.15, -0.1) is 11.3 Å². The van der Waals surface area contributed by atoms with Crippen LogP contribution in [-0.4, -0.2) is 16.7 Å². The third-order valence-corrected chi connectivity index (χ3v) is 3.71. The van der Waals surface area contributed by atoms with Gasteiger partial charge in [-0.3, -0.25) is 5.10 Å². The van der Waals surface area contributed by atoms with Crippen LogP contribution < -0.4 is 5.32 Å². The van der Waals surface area contributed by atoms with Crippen LogP contribution in [0, 0.1) is 12.8 Å². The minimum absolute atomic E-state index is 0.675. The Kier molecular flexibility index (Phi) is 3.97. The van der Waals surface area contributed by atoms with Crippen molar-refractivity contribution in [3.05, 3.63) is 28.8 Å². The van der Waals surface area contributed by atoms with Crippen molar-refractivity contribution < 1.29 is 0 Å². The van der Waals surface area contributed by atoms with Crippen molar-refractivity contribution in [2.45, 2.75) is 27.3 Å². The van der Waals surface area contributed by atoms with E-state index in [4.69, 9.17) is 0 Å². The van der Waals surface area contributed by atoms with E-state index in [0.717, 1.165) is 18.8 Å². The largest absolute Gasteiger partial charge is 0.312 e. The number of hydrogen-bond acceptors (Lipinski definition) is 3. The topological polar surface area (TPSA) is 40.7 Å². The van der Waals surface area contributed by atoms with E-state index in [1.165, 1.54) is 16.0 Å². The van der Waals surface area contributed by atoms with Gasteiger partial charge in [0.25, 0.3) is 0 Å². The summed E-state index contributed by atoms with van der Waals surface area (Å²) >= 11 is 1.76. The summed E-state index contributed by atoms with van der Waals surface area (Å²) in [6.07, 6.45) is 1.92. The Morgan fingerprint density at radius 1 is 1.47 bits per heavy atom. The average molecular weight is 249 g/mol. The SMILES string of the molecule is Cc1ccsc1-c1[nH]ncc1CNCC(C)C. The second kappa shape index (κ2) is 5.47.